The van der Waals surface area contributed by atoms with E-state index in [4.69, 9.17) is 10.00 Å². The fourth-order valence-electron chi connectivity index (χ4n) is 3.29. The normalized spacial score (nSPS) is 10.3. The largest absolute Gasteiger partial charge is 0.423 e. The van der Waals surface area contributed by atoms with Gasteiger partial charge in [0, 0.05) is 0 Å². The third-order valence-electron chi connectivity index (χ3n) is 4.95. The highest BCUT2D eigenvalue weighted by molar-refractivity contribution is 5.92. The lowest BCUT2D eigenvalue weighted by Gasteiger charge is -2.10. The van der Waals surface area contributed by atoms with Crippen molar-refractivity contribution < 1.29 is 9.53 Å². The van der Waals surface area contributed by atoms with Crippen LogP contribution in [0.25, 0.3) is 11.1 Å². The molecule has 0 N–H and O–H groups in total. The van der Waals surface area contributed by atoms with E-state index in [2.05, 4.69) is 13.0 Å². The number of aryl methyl sites for hydroxylation is 1. The topological polar surface area (TPSA) is 50.1 Å². The Labute approximate surface area is 172 Å². The smallest absolute Gasteiger partial charge is 0.343 e. The average Bonchev–Trinajstić information content (AvgIpc) is 2.77. The molecule has 3 rings (SSSR count). The molecule has 0 aliphatic rings. The molecule has 0 saturated carbocycles. The van der Waals surface area contributed by atoms with Gasteiger partial charge in [0.05, 0.1) is 17.2 Å². The summed E-state index contributed by atoms with van der Waals surface area (Å²) in [5.41, 5.74) is 4.33. The van der Waals surface area contributed by atoms with Crippen molar-refractivity contribution in [3.05, 3.63) is 89.5 Å². The quantitative estimate of drug-likeness (QED) is 0.251. The van der Waals surface area contributed by atoms with Gasteiger partial charge in [0.15, 0.2) is 0 Å². The summed E-state index contributed by atoms with van der Waals surface area (Å²) < 4.78 is 5.61. The van der Waals surface area contributed by atoms with Crippen molar-refractivity contribution in [1.29, 1.82) is 5.26 Å². The number of hydrogen-bond donors (Lipinski definition) is 0. The van der Waals surface area contributed by atoms with Gasteiger partial charge >= 0.3 is 5.97 Å². The SMILES string of the molecule is CCCCCCc1ccccc1C(=O)Oc1ccc(-c2ccc(C#N)cc2)cc1. The van der Waals surface area contributed by atoms with Gasteiger partial charge in [-0.05, 0) is 59.9 Å². The van der Waals surface area contributed by atoms with Crippen LogP contribution in [0, 0.1) is 11.3 Å². The predicted molar refractivity (Wildman–Crippen MR) is 116 cm³/mol. The summed E-state index contributed by atoms with van der Waals surface area (Å²) in [5, 5.41) is 8.91. The standard InChI is InChI=1S/C26H25NO2/c1-2-3-4-5-8-23-9-6-7-10-25(23)26(28)29-24-17-15-22(16-18-24)21-13-11-20(19-27)12-14-21/h6-7,9-18H,2-5,8H2,1H3. The number of carbonyl (C=O) groups excluding carboxylic acids is 1. The van der Waals surface area contributed by atoms with E-state index in [0.29, 0.717) is 16.9 Å². The van der Waals surface area contributed by atoms with Crippen LogP contribution in [0.2, 0.25) is 0 Å². The van der Waals surface area contributed by atoms with Gasteiger partial charge in [0.25, 0.3) is 0 Å². The van der Waals surface area contributed by atoms with Gasteiger partial charge in [0.1, 0.15) is 5.75 Å². The first-order valence-corrected chi connectivity index (χ1v) is 10.1. The maximum Gasteiger partial charge on any atom is 0.343 e. The summed E-state index contributed by atoms with van der Waals surface area (Å²) in [7, 11) is 0. The first kappa shape index (κ1) is 20.4. The van der Waals surface area contributed by atoms with E-state index in [9.17, 15) is 4.79 Å². The lowest BCUT2D eigenvalue weighted by molar-refractivity contribution is 0.0733. The minimum absolute atomic E-state index is 0.317. The van der Waals surface area contributed by atoms with Gasteiger partial charge in [-0.3, -0.25) is 0 Å². The molecule has 0 aliphatic carbocycles. The van der Waals surface area contributed by atoms with Gasteiger partial charge in [-0.1, -0.05) is 68.7 Å². The number of unbranched alkanes of at least 4 members (excludes halogenated alkanes) is 3. The summed E-state index contributed by atoms with van der Waals surface area (Å²) in [5.74, 6) is 0.204. The van der Waals surface area contributed by atoms with Crippen LogP contribution in [-0.2, 0) is 6.42 Å². The van der Waals surface area contributed by atoms with Crippen molar-refractivity contribution in [2.24, 2.45) is 0 Å². The maximum atomic E-state index is 12.7. The fourth-order valence-corrected chi connectivity index (χ4v) is 3.29. The van der Waals surface area contributed by atoms with E-state index in [-0.39, 0.29) is 5.97 Å². The second-order valence-electron chi connectivity index (χ2n) is 7.07. The molecule has 0 bridgehead atoms. The minimum atomic E-state index is -0.317. The molecule has 0 spiro atoms. The molecule has 0 radical (unpaired) electrons. The Balaban J connectivity index is 1.67. The zero-order valence-corrected chi connectivity index (χ0v) is 16.7. The highest BCUT2D eigenvalue weighted by Gasteiger charge is 2.13. The summed E-state index contributed by atoms with van der Waals surface area (Å²) in [6.07, 6.45) is 5.57. The van der Waals surface area contributed by atoms with Crippen LogP contribution < -0.4 is 4.74 Å². The molecule has 0 aliphatic heterocycles. The Morgan fingerprint density at radius 1 is 0.862 bits per heavy atom. The zero-order chi connectivity index (χ0) is 20.5. The second kappa shape index (κ2) is 10.2. The molecule has 0 heterocycles. The van der Waals surface area contributed by atoms with Crippen LogP contribution in [0.15, 0.2) is 72.8 Å². The molecular formula is C26H25NO2. The van der Waals surface area contributed by atoms with E-state index in [0.717, 1.165) is 29.5 Å². The molecule has 0 saturated heterocycles. The van der Waals surface area contributed by atoms with Crippen molar-refractivity contribution >= 4 is 5.97 Å². The third kappa shape index (κ3) is 5.56. The van der Waals surface area contributed by atoms with E-state index in [1.54, 1.807) is 24.3 Å². The van der Waals surface area contributed by atoms with E-state index in [1.807, 2.05) is 48.5 Å². The van der Waals surface area contributed by atoms with Crippen molar-refractivity contribution in [3.63, 3.8) is 0 Å². The molecule has 0 fully saturated rings. The Bertz CT molecular complexity index is 982. The van der Waals surface area contributed by atoms with Gasteiger partial charge in [0.2, 0.25) is 0 Å². The Hall–Kier alpha value is -3.38. The number of nitrogens with zero attached hydrogens (tertiary/aromatic N) is 1. The average molecular weight is 383 g/mol. The number of carbonyl (C=O) groups is 1. The molecule has 3 aromatic rings. The number of esters is 1. The van der Waals surface area contributed by atoms with Gasteiger partial charge in [-0.15, -0.1) is 0 Å². The third-order valence-corrected chi connectivity index (χ3v) is 4.95. The van der Waals surface area contributed by atoms with Crippen LogP contribution in [0.1, 0.15) is 54.1 Å². The van der Waals surface area contributed by atoms with Crippen molar-refractivity contribution in [3.8, 4) is 22.9 Å². The summed E-state index contributed by atoms with van der Waals surface area (Å²) in [4.78, 5) is 12.7. The number of nitriles is 1. The Kier molecular flexibility index (Phi) is 7.19. The fraction of sp³-hybridized carbons (Fsp3) is 0.231. The van der Waals surface area contributed by atoms with Gasteiger partial charge in [-0.25, -0.2) is 4.79 Å². The molecule has 146 valence electrons. The van der Waals surface area contributed by atoms with Crippen LogP contribution in [0.3, 0.4) is 0 Å². The Morgan fingerprint density at radius 2 is 1.52 bits per heavy atom. The van der Waals surface area contributed by atoms with Crippen LogP contribution in [-0.4, -0.2) is 5.97 Å². The highest BCUT2D eigenvalue weighted by Crippen LogP contribution is 2.24. The molecular weight excluding hydrogens is 358 g/mol. The second-order valence-corrected chi connectivity index (χ2v) is 7.07. The van der Waals surface area contributed by atoms with Crippen molar-refractivity contribution in [2.75, 3.05) is 0 Å². The van der Waals surface area contributed by atoms with Crippen LogP contribution in [0.5, 0.6) is 5.75 Å². The number of ether oxygens (including phenoxy) is 1. The minimum Gasteiger partial charge on any atom is -0.423 e. The van der Waals surface area contributed by atoms with Gasteiger partial charge in [-0.2, -0.15) is 5.26 Å². The van der Waals surface area contributed by atoms with Crippen molar-refractivity contribution in [2.45, 2.75) is 39.0 Å². The lowest BCUT2D eigenvalue weighted by Crippen LogP contribution is -2.11. The Morgan fingerprint density at radius 3 is 2.17 bits per heavy atom. The number of hydrogen-bond acceptors (Lipinski definition) is 3. The molecule has 0 amide bonds. The van der Waals surface area contributed by atoms with E-state index >= 15 is 0 Å². The van der Waals surface area contributed by atoms with Crippen LogP contribution >= 0.6 is 0 Å². The highest BCUT2D eigenvalue weighted by atomic mass is 16.5. The summed E-state index contributed by atoms with van der Waals surface area (Å²) in [6, 6.07) is 24.7. The first-order chi connectivity index (χ1) is 14.2. The lowest BCUT2D eigenvalue weighted by atomic mass is 10.0. The van der Waals surface area contributed by atoms with Gasteiger partial charge < -0.3 is 4.74 Å². The summed E-state index contributed by atoms with van der Waals surface area (Å²) >= 11 is 0. The number of rotatable bonds is 8. The molecule has 3 heteroatoms. The van der Waals surface area contributed by atoms with E-state index in [1.165, 1.54) is 19.3 Å². The molecule has 3 aromatic carbocycles. The maximum absolute atomic E-state index is 12.7. The predicted octanol–water partition coefficient (Wildman–Crippen LogP) is 6.57. The monoisotopic (exact) mass is 383 g/mol. The molecule has 29 heavy (non-hydrogen) atoms. The zero-order valence-electron chi connectivity index (χ0n) is 16.7. The molecule has 0 unspecified atom stereocenters. The summed E-state index contributed by atoms with van der Waals surface area (Å²) in [6.45, 7) is 2.19. The van der Waals surface area contributed by atoms with Crippen LogP contribution in [0.4, 0.5) is 0 Å². The van der Waals surface area contributed by atoms with E-state index < -0.39 is 0 Å². The molecule has 0 atom stereocenters. The number of benzene rings is 3. The first-order valence-electron chi connectivity index (χ1n) is 10.1. The van der Waals surface area contributed by atoms with Crippen molar-refractivity contribution in [1.82, 2.24) is 0 Å². The molecule has 0 aromatic heterocycles. The molecule has 3 nitrogen and oxygen atoms in total.